The number of aryl methyl sites for hydroxylation is 1. The summed E-state index contributed by atoms with van der Waals surface area (Å²) < 4.78 is 0. The van der Waals surface area contributed by atoms with Crippen molar-refractivity contribution in [2.45, 2.75) is 32.7 Å². The van der Waals surface area contributed by atoms with Gasteiger partial charge in [-0.25, -0.2) is 9.97 Å². The number of aromatic nitrogens is 2. The molecule has 18 heavy (non-hydrogen) atoms. The van der Waals surface area contributed by atoms with Gasteiger partial charge in [-0.15, -0.1) is 0 Å². The van der Waals surface area contributed by atoms with Crippen molar-refractivity contribution < 1.29 is 0 Å². The number of hydrogen-bond acceptors (Lipinski definition) is 3. The smallest absolute Gasteiger partial charge is 0.138 e. The maximum Gasteiger partial charge on any atom is 0.138 e. The van der Waals surface area contributed by atoms with Crippen molar-refractivity contribution in [3.63, 3.8) is 0 Å². The van der Waals surface area contributed by atoms with Gasteiger partial charge < -0.3 is 5.73 Å². The predicted octanol–water partition coefficient (Wildman–Crippen LogP) is 2.57. The lowest BCUT2D eigenvalue weighted by molar-refractivity contribution is 0.582. The Kier molecular flexibility index (Phi) is 3.43. The molecule has 3 nitrogen and oxygen atoms in total. The summed E-state index contributed by atoms with van der Waals surface area (Å²) in [5, 5.41) is 0. The van der Waals surface area contributed by atoms with E-state index in [1.165, 1.54) is 5.56 Å². The molecule has 2 rings (SSSR count). The molecule has 0 aliphatic carbocycles. The van der Waals surface area contributed by atoms with Gasteiger partial charge in [0, 0.05) is 17.7 Å². The zero-order valence-corrected chi connectivity index (χ0v) is 11.1. The van der Waals surface area contributed by atoms with Gasteiger partial charge in [0.25, 0.3) is 0 Å². The molecule has 1 aromatic carbocycles. The first-order valence-electron chi connectivity index (χ1n) is 6.14. The van der Waals surface area contributed by atoms with E-state index in [1.807, 2.05) is 31.2 Å². The summed E-state index contributed by atoms with van der Waals surface area (Å²) in [7, 11) is 0. The first-order valence-corrected chi connectivity index (χ1v) is 6.14. The highest BCUT2D eigenvalue weighted by Crippen LogP contribution is 2.28. The van der Waals surface area contributed by atoms with Crippen LogP contribution in [0.15, 0.2) is 36.4 Å². The van der Waals surface area contributed by atoms with E-state index in [0.717, 1.165) is 17.2 Å². The van der Waals surface area contributed by atoms with Crippen molar-refractivity contribution in [1.82, 2.24) is 9.97 Å². The fourth-order valence-electron chi connectivity index (χ4n) is 2.00. The minimum absolute atomic E-state index is 0.211. The van der Waals surface area contributed by atoms with E-state index in [4.69, 9.17) is 5.73 Å². The lowest BCUT2D eigenvalue weighted by Gasteiger charge is -2.24. The van der Waals surface area contributed by atoms with Gasteiger partial charge in [0.2, 0.25) is 0 Å². The van der Waals surface area contributed by atoms with Crippen molar-refractivity contribution >= 4 is 0 Å². The largest absolute Gasteiger partial charge is 0.325 e. The maximum atomic E-state index is 5.68. The monoisotopic (exact) mass is 241 g/mol. The molecule has 0 aliphatic rings. The average Bonchev–Trinajstić information content (AvgIpc) is 2.39. The Hall–Kier alpha value is -1.74. The highest BCUT2D eigenvalue weighted by molar-refractivity contribution is 5.31. The molecule has 0 unspecified atom stereocenters. The highest BCUT2D eigenvalue weighted by Gasteiger charge is 2.26. The standard InChI is InChI=1S/C15H19N3/c1-11-9-13(10-16)18-14(17-11)15(2,3)12-7-5-4-6-8-12/h4-9H,10,16H2,1-3H3. The van der Waals surface area contributed by atoms with Crippen LogP contribution >= 0.6 is 0 Å². The molecular weight excluding hydrogens is 222 g/mol. The maximum absolute atomic E-state index is 5.68. The predicted molar refractivity (Wildman–Crippen MR) is 73.2 cm³/mol. The van der Waals surface area contributed by atoms with Crippen LogP contribution in [-0.4, -0.2) is 9.97 Å². The SMILES string of the molecule is Cc1cc(CN)nc(C(C)(C)c2ccccc2)n1. The molecule has 0 atom stereocenters. The molecule has 0 radical (unpaired) electrons. The molecule has 1 heterocycles. The first kappa shape index (κ1) is 12.7. The van der Waals surface area contributed by atoms with Gasteiger partial charge in [-0.05, 0) is 32.4 Å². The fourth-order valence-corrected chi connectivity index (χ4v) is 2.00. The second-order valence-corrected chi connectivity index (χ2v) is 5.02. The van der Waals surface area contributed by atoms with Crippen molar-refractivity contribution in [1.29, 1.82) is 0 Å². The zero-order valence-electron chi connectivity index (χ0n) is 11.1. The molecule has 0 saturated carbocycles. The third kappa shape index (κ3) is 2.41. The fraction of sp³-hybridized carbons (Fsp3) is 0.333. The number of nitrogens with zero attached hydrogens (tertiary/aromatic N) is 2. The molecule has 2 N–H and O–H groups in total. The van der Waals surface area contributed by atoms with Crippen LogP contribution in [0.5, 0.6) is 0 Å². The second kappa shape index (κ2) is 4.86. The van der Waals surface area contributed by atoms with E-state index in [0.29, 0.717) is 6.54 Å². The van der Waals surface area contributed by atoms with Crippen LogP contribution < -0.4 is 5.73 Å². The van der Waals surface area contributed by atoms with Crippen molar-refractivity contribution in [2.75, 3.05) is 0 Å². The van der Waals surface area contributed by atoms with Crippen LogP contribution in [-0.2, 0) is 12.0 Å². The molecule has 0 amide bonds. The third-order valence-electron chi connectivity index (χ3n) is 3.17. The normalized spacial score (nSPS) is 11.6. The number of nitrogens with two attached hydrogens (primary N) is 1. The average molecular weight is 241 g/mol. The van der Waals surface area contributed by atoms with Crippen molar-refractivity contribution in [3.05, 3.63) is 59.2 Å². The van der Waals surface area contributed by atoms with Gasteiger partial charge in [-0.1, -0.05) is 30.3 Å². The molecule has 3 heteroatoms. The van der Waals surface area contributed by atoms with Gasteiger partial charge in [0.1, 0.15) is 5.82 Å². The third-order valence-corrected chi connectivity index (χ3v) is 3.17. The van der Waals surface area contributed by atoms with E-state index in [9.17, 15) is 0 Å². The summed E-state index contributed by atoms with van der Waals surface area (Å²) in [6, 6.07) is 12.2. The number of benzene rings is 1. The molecule has 0 saturated heterocycles. The topological polar surface area (TPSA) is 51.8 Å². The van der Waals surface area contributed by atoms with E-state index in [1.54, 1.807) is 0 Å². The second-order valence-electron chi connectivity index (χ2n) is 5.02. The van der Waals surface area contributed by atoms with Crippen LogP contribution in [0.25, 0.3) is 0 Å². The Morgan fingerprint density at radius 3 is 2.39 bits per heavy atom. The summed E-state index contributed by atoms with van der Waals surface area (Å²) in [5.41, 5.74) is 8.53. The lowest BCUT2D eigenvalue weighted by Crippen LogP contribution is -2.23. The zero-order chi connectivity index (χ0) is 13.2. The Morgan fingerprint density at radius 1 is 1.11 bits per heavy atom. The van der Waals surface area contributed by atoms with Gasteiger partial charge in [0.15, 0.2) is 0 Å². The lowest BCUT2D eigenvalue weighted by atomic mass is 9.83. The van der Waals surface area contributed by atoms with Gasteiger partial charge in [-0.2, -0.15) is 0 Å². The Balaban J connectivity index is 2.50. The first-order chi connectivity index (χ1) is 8.54. The quantitative estimate of drug-likeness (QED) is 0.898. The summed E-state index contributed by atoms with van der Waals surface area (Å²) in [6.45, 7) is 6.70. The van der Waals surface area contributed by atoms with Crippen LogP contribution in [0.2, 0.25) is 0 Å². The van der Waals surface area contributed by atoms with Crippen molar-refractivity contribution in [2.24, 2.45) is 5.73 Å². The van der Waals surface area contributed by atoms with E-state index in [2.05, 4.69) is 35.9 Å². The molecule has 0 fully saturated rings. The van der Waals surface area contributed by atoms with Crippen molar-refractivity contribution in [3.8, 4) is 0 Å². The number of hydrogen-bond donors (Lipinski definition) is 1. The van der Waals surface area contributed by atoms with Gasteiger partial charge >= 0.3 is 0 Å². The minimum Gasteiger partial charge on any atom is -0.325 e. The van der Waals surface area contributed by atoms with E-state index in [-0.39, 0.29) is 5.41 Å². The summed E-state index contributed by atoms with van der Waals surface area (Å²) >= 11 is 0. The van der Waals surface area contributed by atoms with E-state index >= 15 is 0 Å². The Bertz CT molecular complexity index is 533. The molecular formula is C15H19N3. The molecule has 1 aromatic heterocycles. The van der Waals surface area contributed by atoms with Crippen LogP contribution in [0.4, 0.5) is 0 Å². The van der Waals surface area contributed by atoms with Gasteiger partial charge in [-0.3, -0.25) is 0 Å². The van der Waals surface area contributed by atoms with Crippen LogP contribution in [0, 0.1) is 6.92 Å². The van der Waals surface area contributed by atoms with E-state index < -0.39 is 0 Å². The van der Waals surface area contributed by atoms with Crippen LogP contribution in [0.1, 0.15) is 36.6 Å². The Labute approximate surface area is 108 Å². The summed E-state index contributed by atoms with van der Waals surface area (Å²) in [6.07, 6.45) is 0. The summed E-state index contributed by atoms with van der Waals surface area (Å²) in [5.74, 6) is 0.828. The molecule has 94 valence electrons. The minimum atomic E-state index is -0.211. The van der Waals surface area contributed by atoms with Gasteiger partial charge in [0.05, 0.1) is 5.69 Å². The Morgan fingerprint density at radius 2 is 1.78 bits per heavy atom. The molecule has 0 bridgehead atoms. The highest BCUT2D eigenvalue weighted by atomic mass is 14.9. The van der Waals surface area contributed by atoms with Crippen LogP contribution in [0.3, 0.4) is 0 Å². The molecule has 2 aromatic rings. The summed E-state index contributed by atoms with van der Waals surface area (Å²) in [4.78, 5) is 9.13. The number of rotatable bonds is 3. The molecule has 0 spiro atoms. The molecule has 0 aliphatic heterocycles.